The summed E-state index contributed by atoms with van der Waals surface area (Å²) in [5.41, 5.74) is 5.49. The molecule has 0 spiro atoms. The van der Waals surface area contributed by atoms with Crippen molar-refractivity contribution in [1.29, 1.82) is 0 Å². The first-order valence-corrected chi connectivity index (χ1v) is 3.99. The standard InChI is InChI=1S/C6H6NO.C5H5.Fe/c7-6(8)5-3-1-2-4-5;1-2-4-5-3-1;/h1-4H,(H2,7,8);1-5H;/q2*-1;+2. The van der Waals surface area contributed by atoms with Crippen LogP contribution in [0.1, 0.15) is 10.4 Å². The molecule has 2 rings (SSSR count). The van der Waals surface area contributed by atoms with Gasteiger partial charge in [-0.1, -0.05) is 0 Å². The van der Waals surface area contributed by atoms with Gasteiger partial charge in [-0.25, -0.2) is 18.2 Å². The van der Waals surface area contributed by atoms with E-state index in [9.17, 15) is 4.79 Å². The van der Waals surface area contributed by atoms with Gasteiger partial charge in [0.15, 0.2) is 5.91 Å². The third kappa shape index (κ3) is 4.65. The summed E-state index contributed by atoms with van der Waals surface area (Å²) in [7, 11) is 0. The second-order valence-electron chi connectivity index (χ2n) is 2.50. The number of nitrogens with two attached hydrogens (primary N) is 1. The van der Waals surface area contributed by atoms with Gasteiger partial charge in [0, 0.05) is 0 Å². The van der Waals surface area contributed by atoms with Gasteiger partial charge in [-0.2, -0.15) is 36.4 Å². The molecule has 0 aliphatic rings. The minimum Gasteiger partial charge on any atom is -0.377 e. The summed E-state index contributed by atoms with van der Waals surface area (Å²) in [6, 6.07) is 16.9. The van der Waals surface area contributed by atoms with Gasteiger partial charge in [-0.3, -0.25) is 4.79 Å². The molecule has 1 amide bonds. The number of rotatable bonds is 1. The Labute approximate surface area is 93.9 Å². The number of primary amides is 1. The van der Waals surface area contributed by atoms with Gasteiger partial charge < -0.3 is 5.73 Å². The number of hydrogen-bond donors (Lipinski definition) is 1. The van der Waals surface area contributed by atoms with Gasteiger partial charge in [0.05, 0.1) is 0 Å². The maximum atomic E-state index is 10.3. The van der Waals surface area contributed by atoms with Crippen molar-refractivity contribution in [1.82, 2.24) is 0 Å². The van der Waals surface area contributed by atoms with Gasteiger partial charge in [0.2, 0.25) is 0 Å². The molecule has 0 aromatic heterocycles. The number of amides is 1. The number of hydrogen-bond acceptors (Lipinski definition) is 1. The molecule has 0 unspecified atom stereocenters. The molecular weight excluding hydrogens is 218 g/mol. The van der Waals surface area contributed by atoms with E-state index in [0.717, 1.165) is 0 Å². The zero-order valence-corrected chi connectivity index (χ0v) is 8.64. The van der Waals surface area contributed by atoms with Crippen LogP contribution in [0.2, 0.25) is 0 Å². The van der Waals surface area contributed by atoms with Crippen molar-refractivity contribution in [3.63, 3.8) is 0 Å². The molecule has 0 bridgehead atoms. The Bertz CT molecular complexity index is 307. The molecule has 0 saturated carbocycles. The summed E-state index contributed by atoms with van der Waals surface area (Å²) < 4.78 is 0. The number of carbonyl (C=O) groups excluding carboxylic acids is 1. The van der Waals surface area contributed by atoms with Gasteiger partial charge in [-0.05, 0) is 0 Å². The maximum Gasteiger partial charge on any atom is 2.00 e. The average Bonchev–Trinajstić information content (AvgIpc) is 2.82. The molecule has 2 aromatic carbocycles. The van der Waals surface area contributed by atoms with Gasteiger partial charge in [0.25, 0.3) is 0 Å². The van der Waals surface area contributed by atoms with E-state index in [1.165, 1.54) is 0 Å². The SMILES string of the molecule is NC(=O)c1cc[cH-]c1.[Fe+2].c1cc[cH-]c1. The van der Waals surface area contributed by atoms with Crippen LogP contribution >= 0.6 is 0 Å². The Morgan fingerprint density at radius 1 is 1.14 bits per heavy atom. The van der Waals surface area contributed by atoms with E-state index in [0.29, 0.717) is 5.56 Å². The van der Waals surface area contributed by atoms with Crippen molar-refractivity contribution >= 4 is 5.91 Å². The van der Waals surface area contributed by atoms with E-state index in [2.05, 4.69) is 0 Å². The first-order chi connectivity index (χ1) is 6.30. The van der Waals surface area contributed by atoms with Crippen LogP contribution in [0.15, 0.2) is 54.6 Å². The minimum atomic E-state index is -0.366. The molecule has 0 aliphatic heterocycles. The van der Waals surface area contributed by atoms with Crippen molar-refractivity contribution in [2.75, 3.05) is 0 Å². The first-order valence-electron chi connectivity index (χ1n) is 3.99. The van der Waals surface area contributed by atoms with Crippen molar-refractivity contribution < 1.29 is 21.9 Å². The molecule has 2 N–H and O–H groups in total. The van der Waals surface area contributed by atoms with Crippen LogP contribution in [0.5, 0.6) is 0 Å². The van der Waals surface area contributed by atoms with Crippen LogP contribution in [0, 0.1) is 0 Å². The Kier molecular flexibility index (Phi) is 6.46. The van der Waals surface area contributed by atoms with E-state index < -0.39 is 0 Å². The Hall–Kier alpha value is -1.31. The fourth-order valence-electron chi connectivity index (χ4n) is 0.859. The van der Waals surface area contributed by atoms with Gasteiger partial charge >= 0.3 is 17.1 Å². The molecular formula is C11H11FeNO. The molecule has 0 heterocycles. The maximum absolute atomic E-state index is 10.3. The van der Waals surface area contributed by atoms with E-state index in [1.54, 1.807) is 24.3 Å². The molecule has 74 valence electrons. The van der Waals surface area contributed by atoms with Crippen molar-refractivity contribution in [3.05, 3.63) is 60.2 Å². The van der Waals surface area contributed by atoms with Crippen LogP contribution in [0.25, 0.3) is 0 Å². The van der Waals surface area contributed by atoms with Crippen molar-refractivity contribution in [2.24, 2.45) is 5.73 Å². The minimum absolute atomic E-state index is 0. The van der Waals surface area contributed by atoms with E-state index in [1.807, 2.05) is 30.3 Å². The summed E-state index contributed by atoms with van der Waals surface area (Å²) >= 11 is 0. The quantitative estimate of drug-likeness (QED) is 0.589. The van der Waals surface area contributed by atoms with E-state index in [-0.39, 0.29) is 23.0 Å². The Balaban J connectivity index is 0.000000246. The van der Waals surface area contributed by atoms with Gasteiger partial charge in [-0.15, -0.1) is 5.56 Å². The monoisotopic (exact) mass is 229 g/mol. The Morgan fingerprint density at radius 3 is 2.00 bits per heavy atom. The molecule has 14 heavy (non-hydrogen) atoms. The summed E-state index contributed by atoms with van der Waals surface area (Å²) in [6.07, 6.45) is 0. The average molecular weight is 229 g/mol. The van der Waals surface area contributed by atoms with Crippen LogP contribution in [0.4, 0.5) is 0 Å². The predicted molar refractivity (Wildman–Crippen MR) is 52.6 cm³/mol. The van der Waals surface area contributed by atoms with Crippen LogP contribution < -0.4 is 5.73 Å². The van der Waals surface area contributed by atoms with Crippen LogP contribution in [-0.2, 0) is 17.1 Å². The largest absolute Gasteiger partial charge is 2.00 e. The molecule has 0 aliphatic carbocycles. The molecule has 0 radical (unpaired) electrons. The summed E-state index contributed by atoms with van der Waals surface area (Å²) in [4.78, 5) is 10.3. The molecule has 3 heteroatoms. The molecule has 2 aromatic rings. The third-order valence-corrected chi connectivity index (χ3v) is 1.50. The predicted octanol–water partition coefficient (Wildman–Crippen LogP) is 1.91. The summed E-state index contributed by atoms with van der Waals surface area (Å²) in [6.45, 7) is 0. The van der Waals surface area contributed by atoms with E-state index >= 15 is 0 Å². The topological polar surface area (TPSA) is 43.1 Å². The van der Waals surface area contributed by atoms with Crippen molar-refractivity contribution in [2.45, 2.75) is 0 Å². The van der Waals surface area contributed by atoms with Gasteiger partial charge in [0.1, 0.15) is 0 Å². The molecule has 2 nitrogen and oxygen atoms in total. The molecule has 0 saturated heterocycles. The third-order valence-electron chi connectivity index (χ3n) is 1.50. The smallest absolute Gasteiger partial charge is 0.377 e. The summed E-state index contributed by atoms with van der Waals surface area (Å²) in [5.74, 6) is -0.366. The van der Waals surface area contributed by atoms with Crippen molar-refractivity contribution in [3.8, 4) is 0 Å². The second kappa shape index (κ2) is 7.13. The van der Waals surface area contributed by atoms with E-state index in [4.69, 9.17) is 5.73 Å². The normalized spacial score (nSPS) is 8.00. The molecule has 0 fully saturated rings. The van der Waals surface area contributed by atoms with Crippen LogP contribution in [-0.4, -0.2) is 5.91 Å². The first kappa shape index (κ1) is 12.7. The number of carbonyl (C=O) groups is 1. The second-order valence-corrected chi connectivity index (χ2v) is 2.50. The zero-order valence-electron chi connectivity index (χ0n) is 7.54. The Morgan fingerprint density at radius 2 is 1.79 bits per heavy atom. The fourth-order valence-corrected chi connectivity index (χ4v) is 0.859. The fraction of sp³-hybridized carbons (Fsp3) is 0. The zero-order chi connectivity index (χ0) is 9.52. The molecule has 0 atom stereocenters. The van der Waals surface area contributed by atoms with Crippen LogP contribution in [0.3, 0.4) is 0 Å². The summed E-state index contributed by atoms with van der Waals surface area (Å²) in [5, 5.41) is 0.